The van der Waals surface area contributed by atoms with Crippen molar-refractivity contribution in [2.24, 2.45) is 5.41 Å². The number of fused-ring (bicyclic) bond motifs is 1. The van der Waals surface area contributed by atoms with Crippen LogP contribution in [0.25, 0.3) is 11.0 Å². The minimum absolute atomic E-state index is 0.0287. The molecule has 144 valence electrons. The number of benzene rings is 2. The zero-order valence-corrected chi connectivity index (χ0v) is 16.6. The van der Waals surface area contributed by atoms with E-state index in [4.69, 9.17) is 4.42 Å². The summed E-state index contributed by atoms with van der Waals surface area (Å²) in [5.74, 6) is 0.983. The van der Waals surface area contributed by atoms with Gasteiger partial charge in [-0.25, -0.2) is 9.67 Å². The van der Waals surface area contributed by atoms with E-state index in [1.54, 1.807) is 12.7 Å². The quantitative estimate of drug-likeness (QED) is 0.519. The summed E-state index contributed by atoms with van der Waals surface area (Å²) in [7, 11) is 0. The SMILES string of the molecule is CC(C)(C)[C@H](NCc1ccc(Cn2cncn2)cc1)c1cc2ccccc2o1. The van der Waals surface area contributed by atoms with Crippen molar-refractivity contribution in [3.05, 3.63) is 84.1 Å². The summed E-state index contributed by atoms with van der Waals surface area (Å²) in [4.78, 5) is 3.99. The molecule has 2 aromatic carbocycles. The molecule has 0 radical (unpaired) electrons. The Kier molecular flexibility index (Phi) is 5.01. The molecule has 1 N–H and O–H groups in total. The molecule has 0 saturated carbocycles. The third-order valence-electron chi connectivity index (χ3n) is 4.94. The molecule has 0 aliphatic rings. The van der Waals surface area contributed by atoms with Gasteiger partial charge >= 0.3 is 0 Å². The fourth-order valence-corrected chi connectivity index (χ4v) is 3.46. The highest BCUT2D eigenvalue weighted by atomic mass is 16.3. The Balaban J connectivity index is 1.47. The van der Waals surface area contributed by atoms with Crippen molar-refractivity contribution in [2.45, 2.75) is 39.9 Å². The topological polar surface area (TPSA) is 55.9 Å². The molecule has 4 aromatic rings. The highest BCUT2D eigenvalue weighted by Crippen LogP contribution is 2.35. The number of rotatable bonds is 6. The molecule has 2 aromatic heterocycles. The van der Waals surface area contributed by atoms with E-state index in [0.717, 1.165) is 29.8 Å². The molecule has 1 atom stereocenters. The van der Waals surface area contributed by atoms with Crippen LogP contribution in [0.5, 0.6) is 0 Å². The van der Waals surface area contributed by atoms with Crippen molar-refractivity contribution in [3.8, 4) is 0 Å². The first-order valence-corrected chi connectivity index (χ1v) is 9.61. The Bertz CT molecular complexity index is 994. The fraction of sp³-hybridized carbons (Fsp3) is 0.304. The summed E-state index contributed by atoms with van der Waals surface area (Å²) in [6.45, 7) is 8.22. The monoisotopic (exact) mass is 374 g/mol. The van der Waals surface area contributed by atoms with Gasteiger partial charge in [-0.3, -0.25) is 0 Å². The van der Waals surface area contributed by atoms with Gasteiger partial charge in [0.05, 0.1) is 12.6 Å². The molecular formula is C23H26N4O. The molecule has 0 spiro atoms. The molecule has 4 rings (SSSR count). The molecule has 0 unspecified atom stereocenters. The Hall–Kier alpha value is -2.92. The normalized spacial score (nSPS) is 13.1. The molecule has 5 heteroatoms. The average molecular weight is 374 g/mol. The van der Waals surface area contributed by atoms with Gasteiger partial charge in [-0.05, 0) is 28.7 Å². The maximum absolute atomic E-state index is 6.14. The second-order valence-corrected chi connectivity index (χ2v) is 8.28. The van der Waals surface area contributed by atoms with Gasteiger partial charge in [0.15, 0.2) is 0 Å². The second-order valence-electron chi connectivity index (χ2n) is 8.28. The number of nitrogens with zero attached hydrogens (tertiary/aromatic N) is 3. The smallest absolute Gasteiger partial charge is 0.137 e. The van der Waals surface area contributed by atoms with E-state index in [2.05, 4.69) is 72.6 Å². The van der Waals surface area contributed by atoms with Crippen LogP contribution in [0.3, 0.4) is 0 Å². The minimum atomic E-state index is 0.0287. The predicted molar refractivity (Wildman–Crippen MR) is 111 cm³/mol. The molecule has 2 heterocycles. The maximum atomic E-state index is 6.14. The van der Waals surface area contributed by atoms with Crippen molar-refractivity contribution in [2.75, 3.05) is 0 Å². The standard InChI is InChI=1S/C23H26N4O/c1-23(2,3)22(21-12-19-6-4-5-7-20(19)28-21)25-13-17-8-10-18(11-9-17)14-27-16-24-15-26-27/h4-12,15-16,22,25H,13-14H2,1-3H3/t22-/m1/s1. The molecule has 0 amide bonds. The van der Waals surface area contributed by atoms with Crippen LogP contribution in [-0.2, 0) is 13.1 Å². The molecule has 0 saturated heterocycles. The lowest BCUT2D eigenvalue weighted by atomic mass is 9.85. The number of aromatic nitrogens is 3. The third kappa shape index (κ3) is 4.15. The molecule has 0 aliphatic carbocycles. The van der Waals surface area contributed by atoms with Crippen molar-refractivity contribution in [1.82, 2.24) is 20.1 Å². The number of hydrogen-bond acceptors (Lipinski definition) is 4. The lowest BCUT2D eigenvalue weighted by Gasteiger charge is -2.30. The largest absolute Gasteiger partial charge is 0.459 e. The zero-order chi connectivity index (χ0) is 19.6. The van der Waals surface area contributed by atoms with E-state index in [1.165, 1.54) is 11.1 Å². The Morgan fingerprint density at radius 2 is 1.79 bits per heavy atom. The van der Waals surface area contributed by atoms with Gasteiger partial charge in [0.2, 0.25) is 0 Å². The van der Waals surface area contributed by atoms with Crippen LogP contribution >= 0.6 is 0 Å². The Morgan fingerprint density at radius 3 is 2.46 bits per heavy atom. The average Bonchev–Trinajstić information content (AvgIpc) is 3.31. The van der Waals surface area contributed by atoms with E-state index in [9.17, 15) is 0 Å². The summed E-state index contributed by atoms with van der Waals surface area (Å²) in [6.07, 6.45) is 3.29. The molecule has 0 aliphatic heterocycles. The van der Waals surface area contributed by atoms with E-state index >= 15 is 0 Å². The molecule has 28 heavy (non-hydrogen) atoms. The molecule has 0 fully saturated rings. The van der Waals surface area contributed by atoms with Gasteiger partial charge < -0.3 is 9.73 Å². The molecular weight excluding hydrogens is 348 g/mol. The van der Waals surface area contributed by atoms with Crippen molar-refractivity contribution in [1.29, 1.82) is 0 Å². The van der Waals surface area contributed by atoms with Gasteiger partial charge in [0, 0.05) is 11.9 Å². The fourth-order valence-electron chi connectivity index (χ4n) is 3.46. The van der Waals surface area contributed by atoms with Crippen molar-refractivity contribution < 1.29 is 4.42 Å². The van der Waals surface area contributed by atoms with Gasteiger partial charge in [-0.15, -0.1) is 0 Å². The number of furan rings is 1. The van der Waals surface area contributed by atoms with Gasteiger partial charge in [0.1, 0.15) is 24.0 Å². The van der Waals surface area contributed by atoms with Crippen LogP contribution < -0.4 is 5.32 Å². The third-order valence-corrected chi connectivity index (χ3v) is 4.94. The van der Waals surface area contributed by atoms with Gasteiger partial charge in [0.25, 0.3) is 0 Å². The zero-order valence-electron chi connectivity index (χ0n) is 16.6. The highest BCUT2D eigenvalue weighted by molar-refractivity contribution is 5.77. The van der Waals surface area contributed by atoms with Crippen LogP contribution in [0, 0.1) is 5.41 Å². The van der Waals surface area contributed by atoms with Gasteiger partial charge in [-0.1, -0.05) is 63.2 Å². The van der Waals surface area contributed by atoms with Gasteiger partial charge in [-0.2, -0.15) is 5.10 Å². The van der Waals surface area contributed by atoms with Crippen LogP contribution in [0.1, 0.15) is 43.7 Å². The summed E-state index contributed by atoms with van der Waals surface area (Å²) in [5.41, 5.74) is 3.42. The van der Waals surface area contributed by atoms with E-state index in [0.29, 0.717) is 0 Å². The first kappa shape index (κ1) is 18.4. The van der Waals surface area contributed by atoms with Crippen LogP contribution in [0.15, 0.2) is 71.7 Å². The first-order chi connectivity index (χ1) is 13.5. The number of nitrogens with one attached hydrogen (secondary N) is 1. The minimum Gasteiger partial charge on any atom is -0.459 e. The maximum Gasteiger partial charge on any atom is 0.137 e. The van der Waals surface area contributed by atoms with E-state index < -0.39 is 0 Å². The molecule has 0 bridgehead atoms. The van der Waals surface area contributed by atoms with E-state index in [-0.39, 0.29) is 11.5 Å². The number of para-hydroxylation sites is 1. The second kappa shape index (κ2) is 7.60. The predicted octanol–water partition coefficient (Wildman–Crippen LogP) is 4.95. The molecule has 5 nitrogen and oxygen atoms in total. The van der Waals surface area contributed by atoms with Crippen LogP contribution in [0.4, 0.5) is 0 Å². The highest BCUT2D eigenvalue weighted by Gasteiger charge is 2.28. The van der Waals surface area contributed by atoms with Crippen molar-refractivity contribution in [3.63, 3.8) is 0 Å². The van der Waals surface area contributed by atoms with Crippen LogP contribution in [0.2, 0.25) is 0 Å². The van der Waals surface area contributed by atoms with Crippen molar-refractivity contribution >= 4 is 11.0 Å². The van der Waals surface area contributed by atoms with E-state index in [1.807, 2.05) is 22.9 Å². The summed E-state index contributed by atoms with van der Waals surface area (Å²) in [6, 6.07) is 19.1. The summed E-state index contributed by atoms with van der Waals surface area (Å²) in [5, 5.41) is 9.00. The lowest BCUT2D eigenvalue weighted by molar-refractivity contribution is 0.239. The number of hydrogen-bond donors (Lipinski definition) is 1. The summed E-state index contributed by atoms with van der Waals surface area (Å²) < 4.78 is 7.97. The Morgan fingerprint density at radius 1 is 1.04 bits per heavy atom. The lowest BCUT2D eigenvalue weighted by Crippen LogP contribution is -2.31. The van der Waals surface area contributed by atoms with Crippen LogP contribution in [-0.4, -0.2) is 14.8 Å². The Labute approximate surface area is 165 Å². The first-order valence-electron chi connectivity index (χ1n) is 9.61. The summed E-state index contributed by atoms with van der Waals surface area (Å²) >= 11 is 0.